The van der Waals surface area contributed by atoms with Crippen molar-refractivity contribution in [2.45, 2.75) is 25.8 Å². The largest absolute Gasteiger partial charge is 0.347 e. The average molecular weight is 464 g/mol. The average Bonchev–Trinajstić information content (AvgIpc) is 3.25. The summed E-state index contributed by atoms with van der Waals surface area (Å²) in [6.45, 7) is 2.72. The van der Waals surface area contributed by atoms with E-state index in [0.29, 0.717) is 24.9 Å². The summed E-state index contributed by atoms with van der Waals surface area (Å²) in [6.07, 6.45) is 2.58. The fraction of sp³-hybridized carbons (Fsp3) is 0.292. The molecule has 2 aromatic carbocycles. The molecule has 33 heavy (non-hydrogen) atoms. The molecule has 0 saturated carbocycles. The highest BCUT2D eigenvalue weighted by atomic mass is 32.2. The van der Waals surface area contributed by atoms with Crippen molar-refractivity contribution in [2.24, 2.45) is 0 Å². The molecule has 0 aliphatic carbocycles. The second kappa shape index (κ2) is 9.17. The van der Waals surface area contributed by atoms with Crippen LogP contribution in [0.25, 0.3) is 16.9 Å². The maximum absolute atomic E-state index is 13.1. The van der Waals surface area contributed by atoms with Gasteiger partial charge in [-0.1, -0.05) is 29.8 Å². The minimum absolute atomic E-state index is 0.242. The predicted octanol–water partition coefficient (Wildman–Crippen LogP) is 2.87. The van der Waals surface area contributed by atoms with Crippen LogP contribution >= 0.6 is 0 Å². The fourth-order valence-electron chi connectivity index (χ4n) is 3.92. The summed E-state index contributed by atoms with van der Waals surface area (Å²) in [5.41, 5.74) is 4.24. The first-order valence-corrected chi connectivity index (χ1v) is 12.5. The molecule has 1 aliphatic rings. The maximum Gasteiger partial charge on any atom is 0.272 e. The summed E-state index contributed by atoms with van der Waals surface area (Å²) in [6, 6.07) is 18.5. The molecule has 1 N–H and O–H groups in total. The number of aromatic nitrogens is 2. The van der Waals surface area contributed by atoms with E-state index in [1.165, 1.54) is 10.6 Å². The summed E-state index contributed by atoms with van der Waals surface area (Å²) >= 11 is 0. The molecule has 3 aromatic rings. The van der Waals surface area contributed by atoms with E-state index >= 15 is 0 Å². The Morgan fingerprint density at radius 3 is 2.48 bits per heavy atom. The van der Waals surface area contributed by atoms with Gasteiger partial charge in [-0.2, -0.15) is 10.4 Å². The van der Waals surface area contributed by atoms with Gasteiger partial charge in [0.25, 0.3) is 5.91 Å². The van der Waals surface area contributed by atoms with Crippen LogP contribution in [0.1, 0.15) is 34.5 Å². The van der Waals surface area contributed by atoms with Crippen LogP contribution in [0, 0.1) is 18.3 Å². The van der Waals surface area contributed by atoms with Gasteiger partial charge in [-0.15, -0.1) is 0 Å². The number of sulfonamides is 1. The maximum atomic E-state index is 13.1. The summed E-state index contributed by atoms with van der Waals surface area (Å²) < 4.78 is 26.9. The number of rotatable bonds is 5. The summed E-state index contributed by atoms with van der Waals surface area (Å²) in [7, 11) is -3.30. The van der Waals surface area contributed by atoms with Gasteiger partial charge in [0.15, 0.2) is 5.69 Å². The molecule has 0 bridgehead atoms. The molecule has 9 heteroatoms. The van der Waals surface area contributed by atoms with Crippen LogP contribution in [0.5, 0.6) is 0 Å². The van der Waals surface area contributed by atoms with Gasteiger partial charge < -0.3 is 5.32 Å². The molecule has 1 aromatic heterocycles. The van der Waals surface area contributed by atoms with E-state index in [0.717, 1.165) is 22.5 Å². The number of nitrogens with zero attached hydrogens (tertiary/aromatic N) is 4. The van der Waals surface area contributed by atoms with Crippen LogP contribution in [0.15, 0.2) is 54.6 Å². The van der Waals surface area contributed by atoms with E-state index < -0.39 is 10.0 Å². The zero-order valence-electron chi connectivity index (χ0n) is 18.5. The summed E-state index contributed by atoms with van der Waals surface area (Å²) in [5.74, 6) is -0.351. The third-order valence-corrected chi connectivity index (χ3v) is 6.99. The van der Waals surface area contributed by atoms with Crippen molar-refractivity contribution in [1.29, 1.82) is 5.26 Å². The Morgan fingerprint density at radius 2 is 1.85 bits per heavy atom. The molecule has 1 saturated heterocycles. The topological polar surface area (TPSA) is 108 Å². The first-order valence-electron chi connectivity index (χ1n) is 10.7. The first-order chi connectivity index (χ1) is 15.7. The lowest BCUT2D eigenvalue weighted by Gasteiger charge is -2.31. The monoisotopic (exact) mass is 463 g/mol. The van der Waals surface area contributed by atoms with Gasteiger partial charge in [0.1, 0.15) is 0 Å². The van der Waals surface area contributed by atoms with Gasteiger partial charge in [0, 0.05) is 24.7 Å². The third-order valence-electron chi connectivity index (χ3n) is 5.72. The highest BCUT2D eigenvalue weighted by molar-refractivity contribution is 7.88. The molecule has 2 heterocycles. The van der Waals surface area contributed by atoms with E-state index in [1.807, 2.05) is 43.3 Å². The van der Waals surface area contributed by atoms with Crippen molar-refractivity contribution in [3.63, 3.8) is 0 Å². The smallest absolute Gasteiger partial charge is 0.272 e. The van der Waals surface area contributed by atoms with Gasteiger partial charge in [0.05, 0.1) is 29.3 Å². The number of amides is 1. The van der Waals surface area contributed by atoms with Crippen LogP contribution in [0.2, 0.25) is 0 Å². The van der Waals surface area contributed by atoms with Crippen molar-refractivity contribution < 1.29 is 13.2 Å². The van der Waals surface area contributed by atoms with Crippen LogP contribution < -0.4 is 5.32 Å². The molecule has 170 valence electrons. The number of benzene rings is 2. The Labute approximate surface area is 193 Å². The van der Waals surface area contributed by atoms with Crippen LogP contribution in [0.3, 0.4) is 0 Å². The molecule has 1 unspecified atom stereocenters. The lowest BCUT2D eigenvalue weighted by atomic mass is 10.1. The van der Waals surface area contributed by atoms with Gasteiger partial charge in [-0.25, -0.2) is 17.4 Å². The molecular formula is C24H25N5O3S. The van der Waals surface area contributed by atoms with Crippen LogP contribution in [-0.4, -0.2) is 53.8 Å². The number of carbonyl (C=O) groups is 1. The quantitative estimate of drug-likeness (QED) is 0.626. The fourth-order valence-corrected chi connectivity index (χ4v) is 4.83. The van der Waals surface area contributed by atoms with Crippen molar-refractivity contribution in [3.8, 4) is 23.0 Å². The number of hydrogen-bond donors (Lipinski definition) is 1. The highest BCUT2D eigenvalue weighted by Gasteiger charge is 2.28. The van der Waals surface area contributed by atoms with Crippen molar-refractivity contribution in [3.05, 3.63) is 71.4 Å². The molecule has 0 spiro atoms. The van der Waals surface area contributed by atoms with Gasteiger partial charge >= 0.3 is 0 Å². The van der Waals surface area contributed by atoms with Gasteiger partial charge in [-0.3, -0.25) is 4.79 Å². The molecule has 1 amide bonds. The third kappa shape index (κ3) is 5.13. The molecule has 1 fully saturated rings. The van der Waals surface area contributed by atoms with Crippen molar-refractivity contribution in [2.75, 3.05) is 19.3 Å². The zero-order valence-corrected chi connectivity index (χ0v) is 19.3. The van der Waals surface area contributed by atoms with Gasteiger partial charge in [-0.05, 0) is 50.1 Å². The Hall–Kier alpha value is -3.48. The normalized spacial score (nSPS) is 16.8. The van der Waals surface area contributed by atoms with E-state index in [2.05, 4.69) is 16.5 Å². The number of piperidine rings is 1. The predicted molar refractivity (Wildman–Crippen MR) is 125 cm³/mol. The van der Waals surface area contributed by atoms with Crippen LogP contribution in [-0.2, 0) is 10.0 Å². The molecule has 4 rings (SSSR count). The van der Waals surface area contributed by atoms with E-state index in [1.54, 1.807) is 22.9 Å². The van der Waals surface area contributed by atoms with Crippen molar-refractivity contribution in [1.82, 2.24) is 19.4 Å². The highest BCUT2D eigenvalue weighted by Crippen LogP contribution is 2.25. The number of aryl methyl sites for hydroxylation is 1. The Kier molecular flexibility index (Phi) is 6.31. The van der Waals surface area contributed by atoms with Crippen LogP contribution in [0.4, 0.5) is 0 Å². The minimum Gasteiger partial charge on any atom is -0.347 e. The standard InChI is InChI=1S/C24H25N5O3S/c1-17-5-11-21(12-6-17)29-23(19-9-7-18(15-25)8-10-19)14-22(27-29)24(30)26-20-4-3-13-28(16-20)33(2,31)32/h5-12,14,20H,3-4,13,16H2,1-2H3,(H,26,30). The lowest BCUT2D eigenvalue weighted by Crippen LogP contribution is -2.49. The Morgan fingerprint density at radius 1 is 1.15 bits per heavy atom. The Balaban J connectivity index is 1.65. The first kappa shape index (κ1) is 22.7. The summed E-state index contributed by atoms with van der Waals surface area (Å²) in [4.78, 5) is 13.1. The van der Waals surface area contributed by atoms with Gasteiger partial charge in [0.2, 0.25) is 10.0 Å². The molecule has 8 nitrogen and oxygen atoms in total. The summed E-state index contributed by atoms with van der Waals surface area (Å²) in [5, 5.41) is 16.6. The zero-order chi connectivity index (χ0) is 23.6. The number of nitrogens with one attached hydrogen (secondary N) is 1. The number of nitriles is 1. The number of carbonyl (C=O) groups excluding carboxylic acids is 1. The lowest BCUT2D eigenvalue weighted by molar-refractivity contribution is 0.0916. The molecule has 1 aliphatic heterocycles. The molecule has 0 radical (unpaired) electrons. The second-order valence-corrected chi connectivity index (χ2v) is 10.3. The number of hydrogen-bond acceptors (Lipinski definition) is 5. The van der Waals surface area contributed by atoms with E-state index in [-0.39, 0.29) is 24.2 Å². The Bertz CT molecular complexity index is 1310. The SMILES string of the molecule is Cc1ccc(-n2nc(C(=O)NC3CCCN(S(C)(=O)=O)C3)cc2-c2ccc(C#N)cc2)cc1. The molecule has 1 atom stereocenters. The van der Waals surface area contributed by atoms with E-state index in [4.69, 9.17) is 5.26 Å². The second-order valence-electron chi connectivity index (χ2n) is 8.28. The van der Waals surface area contributed by atoms with Crippen molar-refractivity contribution >= 4 is 15.9 Å². The molecular weight excluding hydrogens is 438 g/mol. The minimum atomic E-state index is -3.30. The van der Waals surface area contributed by atoms with E-state index in [9.17, 15) is 13.2 Å².